The molecule has 0 unspecified atom stereocenters. The van der Waals surface area contributed by atoms with E-state index in [9.17, 15) is 4.79 Å². The van der Waals surface area contributed by atoms with Crippen molar-refractivity contribution in [3.8, 4) is 0 Å². The Bertz CT molecular complexity index is 314. The molecule has 1 fully saturated rings. The molecule has 1 heterocycles. The van der Waals surface area contributed by atoms with E-state index in [-0.39, 0.29) is 6.09 Å². The fourth-order valence-corrected chi connectivity index (χ4v) is 3.88. The van der Waals surface area contributed by atoms with Crippen LogP contribution in [0.2, 0.25) is 0 Å². The largest absolute Gasteiger partial charge is 0.453 e. The van der Waals surface area contributed by atoms with Gasteiger partial charge in [0.2, 0.25) is 0 Å². The van der Waals surface area contributed by atoms with Gasteiger partial charge < -0.3 is 9.64 Å². The summed E-state index contributed by atoms with van der Waals surface area (Å²) in [5, 5.41) is 0. The van der Waals surface area contributed by atoms with Gasteiger partial charge in [-0.2, -0.15) is 0 Å². The van der Waals surface area contributed by atoms with Gasteiger partial charge >= 0.3 is 6.09 Å². The van der Waals surface area contributed by atoms with E-state index >= 15 is 0 Å². The van der Waals surface area contributed by atoms with Gasteiger partial charge in [-0.1, -0.05) is 78.1 Å². The summed E-state index contributed by atoms with van der Waals surface area (Å²) in [5.74, 6) is 0. The zero-order chi connectivity index (χ0) is 18.3. The SMILES string of the molecule is CCCCCCCC(CCCCCCC)N1CCN(C(=O)OC)CC1. The van der Waals surface area contributed by atoms with Crippen molar-refractivity contribution in [1.82, 2.24) is 9.80 Å². The van der Waals surface area contributed by atoms with Crippen molar-refractivity contribution in [1.29, 1.82) is 0 Å². The Kier molecular flexibility index (Phi) is 12.8. The molecular weight excluding hydrogens is 312 g/mol. The lowest BCUT2D eigenvalue weighted by Crippen LogP contribution is -2.52. The first-order valence-electron chi connectivity index (χ1n) is 10.8. The summed E-state index contributed by atoms with van der Waals surface area (Å²) in [5.41, 5.74) is 0. The molecular formula is C21H42N2O2. The Labute approximate surface area is 156 Å². The van der Waals surface area contributed by atoms with Crippen molar-refractivity contribution in [2.24, 2.45) is 0 Å². The van der Waals surface area contributed by atoms with Crippen molar-refractivity contribution >= 4 is 6.09 Å². The summed E-state index contributed by atoms with van der Waals surface area (Å²) in [7, 11) is 1.48. The number of methoxy groups -OCH3 is 1. The van der Waals surface area contributed by atoms with E-state index in [4.69, 9.17) is 4.74 Å². The van der Waals surface area contributed by atoms with Crippen LogP contribution in [0.1, 0.15) is 90.9 Å². The fraction of sp³-hybridized carbons (Fsp3) is 0.952. The minimum absolute atomic E-state index is 0.171. The molecule has 0 aromatic heterocycles. The van der Waals surface area contributed by atoms with Crippen LogP contribution >= 0.6 is 0 Å². The molecule has 1 amide bonds. The van der Waals surface area contributed by atoms with E-state index in [0.717, 1.165) is 26.2 Å². The molecule has 1 aliphatic heterocycles. The number of unbranched alkanes of at least 4 members (excludes halogenated alkanes) is 8. The molecule has 0 saturated carbocycles. The van der Waals surface area contributed by atoms with E-state index in [2.05, 4.69) is 18.7 Å². The van der Waals surface area contributed by atoms with Crippen LogP contribution in [-0.2, 0) is 4.74 Å². The van der Waals surface area contributed by atoms with Crippen LogP contribution in [0.25, 0.3) is 0 Å². The zero-order valence-corrected chi connectivity index (χ0v) is 17.1. The predicted molar refractivity (Wildman–Crippen MR) is 106 cm³/mol. The Morgan fingerprint density at radius 3 is 1.72 bits per heavy atom. The maximum Gasteiger partial charge on any atom is 0.409 e. The number of carbonyl (C=O) groups excluding carboxylic acids is 1. The summed E-state index contributed by atoms with van der Waals surface area (Å²) < 4.78 is 4.86. The molecule has 0 spiro atoms. The average Bonchev–Trinajstić information content (AvgIpc) is 2.65. The quantitative estimate of drug-likeness (QED) is 0.412. The number of rotatable bonds is 13. The molecule has 148 valence electrons. The molecule has 0 radical (unpaired) electrons. The van der Waals surface area contributed by atoms with Crippen LogP contribution in [0.4, 0.5) is 4.79 Å². The highest BCUT2D eigenvalue weighted by atomic mass is 16.5. The fourth-order valence-electron chi connectivity index (χ4n) is 3.88. The monoisotopic (exact) mass is 354 g/mol. The van der Waals surface area contributed by atoms with Crippen LogP contribution in [0.3, 0.4) is 0 Å². The molecule has 0 atom stereocenters. The first kappa shape index (κ1) is 22.3. The Morgan fingerprint density at radius 2 is 1.28 bits per heavy atom. The minimum atomic E-state index is -0.171. The van der Waals surface area contributed by atoms with Gasteiger partial charge in [0.15, 0.2) is 0 Å². The molecule has 4 nitrogen and oxygen atoms in total. The van der Waals surface area contributed by atoms with Gasteiger partial charge in [-0.3, -0.25) is 4.90 Å². The first-order valence-corrected chi connectivity index (χ1v) is 10.8. The summed E-state index contributed by atoms with van der Waals surface area (Å²) in [6, 6.07) is 0.711. The minimum Gasteiger partial charge on any atom is -0.453 e. The highest BCUT2D eigenvalue weighted by molar-refractivity contribution is 5.67. The number of nitrogens with zero attached hydrogens (tertiary/aromatic N) is 2. The molecule has 25 heavy (non-hydrogen) atoms. The third kappa shape index (κ3) is 9.48. The van der Waals surface area contributed by atoms with Crippen LogP contribution in [0.5, 0.6) is 0 Å². The zero-order valence-electron chi connectivity index (χ0n) is 17.1. The van der Waals surface area contributed by atoms with E-state index in [1.165, 1.54) is 84.2 Å². The second-order valence-electron chi connectivity index (χ2n) is 7.55. The number of carbonyl (C=O) groups is 1. The summed E-state index contributed by atoms with van der Waals surface area (Å²) in [6.07, 6.45) is 16.1. The van der Waals surface area contributed by atoms with Crippen molar-refractivity contribution in [2.75, 3.05) is 33.3 Å². The van der Waals surface area contributed by atoms with Crippen molar-refractivity contribution in [3.63, 3.8) is 0 Å². The molecule has 1 rings (SSSR count). The third-order valence-electron chi connectivity index (χ3n) is 5.55. The van der Waals surface area contributed by atoms with Crippen LogP contribution in [0.15, 0.2) is 0 Å². The Hall–Kier alpha value is -0.770. The van der Waals surface area contributed by atoms with Gasteiger partial charge in [0.25, 0.3) is 0 Å². The van der Waals surface area contributed by atoms with Crippen molar-refractivity contribution in [3.05, 3.63) is 0 Å². The number of ether oxygens (including phenoxy) is 1. The number of piperazine rings is 1. The molecule has 1 aliphatic rings. The lowest BCUT2D eigenvalue weighted by atomic mass is 9.98. The first-order chi connectivity index (χ1) is 12.2. The molecule has 0 N–H and O–H groups in total. The molecule has 0 aromatic carbocycles. The average molecular weight is 355 g/mol. The molecule has 4 heteroatoms. The molecule has 0 aliphatic carbocycles. The lowest BCUT2D eigenvalue weighted by Gasteiger charge is -2.39. The normalized spacial score (nSPS) is 15.8. The smallest absolute Gasteiger partial charge is 0.409 e. The summed E-state index contributed by atoms with van der Waals surface area (Å²) in [4.78, 5) is 16.2. The Balaban J connectivity index is 2.37. The van der Waals surface area contributed by atoms with Crippen molar-refractivity contribution < 1.29 is 9.53 Å². The third-order valence-corrected chi connectivity index (χ3v) is 5.55. The van der Waals surface area contributed by atoms with Crippen LogP contribution in [0, 0.1) is 0 Å². The van der Waals surface area contributed by atoms with E-state index < -0.39 is 0 Å². The standard InChI is InChI=1S/C21H42N2O2/c1-4-6-8-10-12-14-20(15-13-11-9-7-5-2)22-16-18-23(19-17-22)21(24)25-3/h20H,4-19H2,1-3H3. The van der Waals surface area contributed by atoms with E-state index in [1.807, 2.05) is 4.90 Å². The highest BCUT2D eigenvalue weighted by Crippen LogP contribution is 2.20. The molecule has 1 saturated heterocycles. The number of hydrogen-bond donors (Lipinski definition) is 0. The topological polar surface area (TPSA) is 32.8 Å². The predicted octanol–water partition coefficient (Wildman–Crippen LogP) is 5.46. The van der Waals surface area contributed by atoms with Gasteiger partial charge in [0, 0.05) is 32.2 Å². The number of amides is 1. The molecule has 0 bridgehead atoms. The van der Waals surface area contributed by atoms with Crippen LogP contribution in [-0.4, -0.2) is 55.2 Å². The van der Waals surface area contributed by atoms with E-state index in [1.54, 1.807) is 0 Å². The second kappa shape index (κ2) is 14.4. The number of hydrogen-bond acceptors (Lipinski definition) is 3. The van der Waals surface area contributed by atoms with Gasteiger partial charge in [-0.05, 0) is 12.8 Å². The lowest BCUT2D eigenvalue weighted by molar-refractivity contribution is 0.0690. The van der Waals surface area contributed by atoms with Crippen LogP contribution < -0.4 is 0 Å². The molecule has 0 aromatic rings. The van der Waals surface area contributed by atoms with Gasteiger partial charge in [-0.15, -0.1) is 0 Å². The van der Waals surface area contributed by atoms with Gasteiger partial charge in [0.1, 0.15) is 0 Å². The second-order valence-corrected chi connectivity index (χ2v) is 7.55. The van der Waals surface area contributed by atoms with E-state index in [0.29, 0.717) is 6.04 Å². The maximum atomic E-state index is 11.7. The van der Waals surface area contributed by atoms with Gasteiger partial charge in [-0.25, -0.2) is 4.79 Å². The summed E-state index contributed by atoms with van der Waals surface area (Å²) in [6.45, 7) is 8.19. The van der Waals surface area contributed by atoms with Crippen molar-refractivity contribution in [2.45, 2.75) is 96.9 Å². The maximum absolute atomic E-state index is 11.7. The highest BCUT2D eigenvalue weighted by Gasteiger charge is 2.25. The Morgan fingerprint density at radius 1 is 0.800 bits per heavy atom. The van der Waals surface area contributed by atoms with Gasteiger partial charge in [0.05, 0.1) is 7.11 Å². The summed E-state index contributed by atoms with van der Waals surface area (Å²) >= 11 is 0.